The highest BCUT2D eigenvalue weighted by molar-refractivity contribution is 7.80. The van der Waals surface area contributed by atoms with Crippen molar-refractivity contribution in [2.45, 2.75) is 6.42 Å². The maximum Gasteiger partial charge on any atom is 0.163 e. The highest BCUT2D eigenvalue weighted by atomic mass is 32.1. The van der Waals surface area contributed by atoms with Crippen molar-refractivity contribution in [3.63, 3.8) is 0 Å². The van der Waals surface area contributed by atoms with Crippen molar-refractivity contribution in [3.05, 3.63) is 18.2 Å². The third-order valence-electron chi connectivity index (χ3n) is 2.38. The largest absolute Gasteiger partial charge is 0.490 e. The summed E-state index contributed by atoms with van der Waals surface area (Å²) in [6, 6.07) is 5.97. The molecule has 0 saturated carbocycles. The lowest BCUT2D eigenvalue weighted by atomic mass is 10.2. The lowest BCUT2D eigenvalue weighted by Crippen LogP contribution is -2.14. The fourth-order valence-electron chi connectivity index (χ4n) is 1.47. The van der Waals surface area contributed by atoms with Gasteiger partial charge in [0.05, 0.1) is 19.1 Å². The molecule has 0 unspecified atom stereocenters. The first kappa shape index (κ1) is 10.5. The zero-order valence-electron chi connectivity index (χ0n) is 8.77. The van der Waals surface area contributed by atoms with Crippen LogP contribution in [0.25, 0.3) is 0 Å². The van der Waals surface area contributed by atoms with E-state index in [1.165, 1.54) is 0 Å². The van der Waals surface area contributed by atoms with Crippen molar-refractivity contribution in [2.75, 3.05) is 31.0 Å². The molecule has 2 rings (SSSR count). The summed E-state index contributed by atoms with van der Waals surface area (Å²) < 4.78 is 11.2. The molecule has 1 aliphatic heterocycles. The molecule has 1 heterocycles. The van der Waals surface area contributed by atoms with Crippen molar-refractivity contribution in [3.8, 4) is 11.5 Å². The average Bonchev–Trinajstić information content (AvgIpc) is 2.51. The number of fused-ring (bicyclic) bond motifs is 1. The topological polar surface area (TPSA) is 21.7 Å². The summed E-state index contributed by atoms with van der Waals surface area (Å²) >= 11 is 4.23. The Labute approximate surface area is 95.4 Å². The van der Waals surface area contributed by atoms with E-state index < -0.39 is 0 Å². The summed E-state index contributed by atoms with van der Waals surface area (Å²) in [5, 5.41) is 0. The van der Waals surface area contributed by atoms with Gasteiger partial charge in [0.2, 0.25) is 0 Å². The highest BCUT2D eigenvalue weighted by Crippen LogP contribution is 2.33. The van der Waals surface area contributed by atoms with Crippen LogP contribution in [0.3, 0.4) is 0 Å². The molecule has 1 aromatic carbocycles. The molecule has 0 aliphatic carbocycles. The van der Waals surface area contributed by atoms with Crippen LogP contribution in [0.2, 0.25) is 0 Å². The molecule has 15 heavy (non-hydrogen) atoms. The summed E-state index contributed by atoms with van der Waals surface area (Å²) in [5.41, 5.74) is 1.09. The van der Waals surface area contributed by atoms with Crippen LogP contribution in [0, 0.1) is 0 Å². The molecule has 1 aliphatic rings. The Balaban J connectivity index is 2.27. The minimum Gasteiger partial charge on any atom is -0.490 e. The third kappa shape index (κ3) is 2.31. The molecule has 0 atom stereocenters. The van der Waals surface area contributed by atoms with Gasteiger partial charge in [0.25, 0.3) is 0 Å². The number of ether oxygens (including phenoxy) is 2. The summed E-state index contributed by atoms with van der Waals surface area (Å²) in [5.74, 6) is 2.35. The zero-order valence-corrected chi connectivity index (χ0v) is 9.67. The second-order valence-corrected chi connectivity index (χ2v) is 3.80. The maximum atomic E-state index is 5.61. The smallest absolute Gasteiger partial charge is 0.163 e. The first-order valence-corrected chi connectivity index (χ1v) is 5.66. The van der Waals surface area contributed by atoms with E-state index in [0.29, 0.717) is 5.88 Å². The van der Waals surface area contributed by atoms with Crippen LogP contribution >= 0.6 is 12.6 Å². The Morgan fingerprint density at radius 3 is 2.73 bits per heavy atom. The summed E-state index contributed by atoms with van der Waals surface area (Å²) in [4.78, 5) is 2.04. The van der Waals surface area contributed by atoms with Gasteiger partial charge in [-0.2, -0.15) is 12.6 Å². The second kappa shape index (κ2) is 4.66. The molecule has 0 fully saturated rings. The number of thiol groups is 1. The molecule has 0 radical (unpaired) electrons. The lowest BCUT2D eigenvalue weighted by Gasteiger charge is -2.17. The van der Waals surface area contributed by atoms with Gasteiger partial charge in [-0.15, -0.1) is 0 Å². The number of benzene rings is 1. The quantitative estimate of drug-likeness (QED) is 0.616. The van der Waals surface area contributed by atoms with Gasteiger partial charge in [0.15, 0.2) is 11.5 Å². The summed E-state index contributed by atoms with van der Waals surface area (Å²) in [6.45, 7) is 1.45. The minimum absolute atomic E-state index is 0.680. The Morgan fingerprint density at radius 2 is 2.00 bits per heavy atom. The van der Waals surface area contributed by atoms with Crippen LogP contribution in [-0.4, -0.2) is 26.1 Å². The number of rotatable bonds is 2. The van der Waals surface area contributed by atoms with Gasteiger partial charge in [0, 0.05) is 25.2 Å². The predicted molar refractivity (Wildman–Crippen MR) is 64.3 cm³/mol. The lowest BCUT2D eigenvalue weighted by molar-refractivity contribution is 0.297. The van der Waals surface area contributed by atoms with E-state index in [-0.39, 0.29) is 0 Å². The maximum absolute atomic E-state index is 5.61. The number of hydrogen-bond acceptors (Lipinski definition) is 4. The molecule has 0 N–H and O–H groups in total. The van der Waals surface area contributed by atoms with E-state index in [1.807, 2.05) is 30.1 Å². The van der Waals surface area contributed by atoms with Crippen molar-refractivity contribution in [2.24, 2.45) is 0 Å². The Morgan fingerprint density at radius 1 is 1.27 bits per heavy atom. The van der Waals surface area contributed by atoms with Gasteiger partial charge in [0.1, 0.15) is 0 Å². The van der Waals surface area contributed by atoms with Gasteiger partial charge in [-0.1, -0.05) is 0 Å². The molecular weight excluding hydrogens is 210 g/mol. The SMILES string of the molecule is CN(CS)c1ccc2c(c1)OCCCO2. The molecule has 1 aromatic rings. The number of nitrogens with zero attached hydrogens (tertiary/aromatic N) is 1. The monoisotopic (exact) mass is 225 g/mol. The van der Waals surface area contributed by atoms with Crippen LogP contribution in [-0.2, 0) is 0 Å². The van der Waals surface area contributed by atoms with Gasteiger partial charge in [-0.3, -0.25) is 0 Å². The molecule has 0 bridgehead atoms. The molecular formula is C11H15NO2S. The summed E-state index contributed by atoms with van der Waals surface area (Å²) in [6.07, 6.45) is 0.937. The number of hydrogen-bond donors (Lipinski definition) is 1. The van der Waals surface area contributed by atoms with Crippen LogP contribution in [0.15, 0.2) is 18.2 Å². The van der Waals surface area contributed by atoms with E-state index in [9.17, 15) is 0 Å². The van der Waals surface area contributed by atoms with Crippen LogP contribution < -0.4 is 14.4 Å². The van der Waals surface area contributed by atoms with E-state index in [0.717, 1.165) is 36.8 Å². The van der Waals surface area contributed by atoms with Gasteiger partial charge in [-0.25, -0.2) is 0 Å². The molecule has 82 valence electrons. The normalized spacial score (nSPS) is 14.5. The third-order valence-corrected chi connectivity index (χ3v) is 2.81. The molecule has 4 heteroatoms. The van der Waals surface area contributed by atoms with E-state index >= 15 is 0 Å². The molecule has 0 saturated heterocycles. The standard InChI is InChI=1S/C11H15NO2S/c1-12(8-15)9-3-4-10-11(7-9)14-6-2-5-13-10/h3-4,7,15H,2,5-6,8H2,1H3. The van der Waals surface area contributed by atoms with Crippen molar-refractivity contribution in [1.82, 2.24) is 0 Å². The minimum atomic E-state index is 0.680. The highest BCUT2D eigenvalue weighted by Gasteiger charge is 2.11. The Bertz CT molecular complexity index is 343. The van der Waals surface area contributed by atoms with E-state index in [2.05, 4.69) is 12.6 Å². The van der Waals surface area contributed by atoms with Gasteiger partial charge >= 0.3 is 0 Å². The molecule has 0 aromatic heterocycles. The first-order valence-electron chi connectivity index (χ1n) is 5.03. The number of anilines is 1. The van der Waals surface area contributed by atoms with Crippen molar-refractivity contribution < 1.29 is 9.47 Å². The van der Waals surface area contributed by atoms with Crippen LogP contribution in [0.4, 0.5) is 5.69 Å². The fraction of sp³-hybridized carbons (Fsp3) is 0.455. The van der Waals surface area contributed by atoms with Gasteiger partial charge in [-0.05, 0) is 12.1 Å². The summed E-state index contributed by atoms with van der Waals surface area (Å²) in [7, 11) is 1.99. The molecule has 3 nitrogen and oxygen atoms in total. The van der Waals surface area contributed by atoms with E-state index in [1.54, 1.807) is 0 Å². The fourth-order valence-corrected chi connectivity index (χ4v) is 1.63. The average molecular weight is 225 g/mol. The zero-order chi connectivity index (χ0) is 10.7. The van der Waals surface area contributed by atoms with E-state index in [4.69, 9.17) is 9.47 Å². The Kier molecular flexibility index (Phi) is 3.26. The molecule has 0 amide bonds. The first-order chi connectivity index (χ1) is 7.31. The van der Waals surface area contributed by atoms with Crippen LogP contribution in [0.1, 0.15) is 6.42 Å². The second-order valence-electron chi connectivity index (χ2n) is 3.52. The Hall–Kier alpha value is -1.03. The molecule has 0 spiro atoms. The van der Waals surface area contributed by atoms with Crippen molar-refractivity contribution >= 4 is 18.3 Å². The van der Waals surface area contributed by atoms with Crippen LogP contribution in [0.5, 0.6) is 11.5 Å². The predicted octanol–water partition coefficient (Wildman–Crippen LogP) is 2.17. The van der Waals surface area contributed by atoms with Crippen molar-refractivity contribution in [1.29, 1.82) is 0 Å². The van der Waals surface area contributed by atoms with Gasteiger partial charge < -0.3 is 14.4 Å².